The summed E-state index contributed by atoms with van der Waals surface area (Å²) in [6.45, 7) is 2.10. The van der Waals surface area contributed by atoms with Gasteiger partial charge in [-0.05, 0) is 31.2 Å². The van der Waals surface area contributed by atoms with Crippen LogP contribution in [-0.2, 0) is 18.4 Å². The predicted molar refractivity (Wildman–Crippen MR) is 93.4 cm³/mol. The van der Waals surface area contributed by atoms with Crippen LogP contribution in [0.3, 0.4) is 0 Å². The van der Waals surface area contributed by atoms with E-state index in [-0.39, 0.29) is 12.6 Å². The summed E-state index contributed by atoms with van der Waals surface area (Å²) in [6.07, 6.45) is 0. The number of benzene rings is 1. The lowest BCUT2D eigenvalue weighted by molar-refractivity contribution is 0.0457. The molecule has 6 heteroatoms. The molecule has 0 spiro atoms. The summed E-state index contributed by atoms with van der Waals surface area (Å²) in [6, 6.07) is 11.4. The number of esters is 1. The number of ether oxygens (including phenoxy) is 2. The quantitative estimate of drug-likeness (QED) is 0.662. The third-order valence-corrected chi connectivity index (χ3v) is 4.74. The highest BCUT2D eigenvalue weighted by Gasteiger charge is 2.13. The SMILES string of the molecule is COc1cccc(-c2nc(COC(=O)c3ccc(C)n3C)cs2)c1. The van der Waals surface area contributed by atoms with Gasteiger partial charge in [0, 0.05) is 23.7 Å². The largest absolute Gasteiger partial charge is 0.497 e. The average molecular weight is 342 g/mol. The molecule has 24 heavy (non-hydrogen) atoms. The second-order valence-electron chi connectivity index (χ2n) is 5.37. The predicted octanol–water partition coefficient (Wildman–Crippen LogP) is 3.82. The van der Waals surface area contributed by atoms with Crippen molar-refractivity contribution in [1.82, 2.24) is 9.55 Å². The second kappa shape index (κ2) is 6.88. The first-order chi connectivity index (χ1) is 11.6. The van der Waals surface area contributed by atoms with Crippen LogP contribution in [-0.4, -0.2) is 22.6 Å². The van der Waals surface area contributed by atoms with Crippen LogP contribution in [0, 0.1) is 6.92 Å². The third-order valence-electron chi connectivity index (χ3n) is 3.80. The maximum Gasteiger partial charge on any atom is 0.355 e. The second-order valence-corrected chi connectivity index (χ2v) is 6.23. The van der Waals surface area contributed by atoms with E-state index in [1.807, 2.05) is 54.3 Å². The van der Waals surface area contributed by atoms with Crippen molar-refractivity contribution in [3.05, 3.63) is 58.9 Å². The van der Waals surface area contributed by atoms with Crippen molar-refractivity contribution in [2.24, 2.45) is 7.05 Å². The number of carbonyl (C=O) groups excluding carboxylic acids is 1. The number of rotatable bonds is 5. The molecule has 3 rings (SSSR count). The minimum atomic E-state index is -0.346. The Balaban J connectivity index is 1.68. The standard InChI is InChI=1S/C18H18N2O3S/c1-12-7-8-16(20(12)2)18(21)23-10-14-11-24-17(19-14)13-5-4-6-15(9-13)22-3/h4-9,11H,10H2,1-3H3. The van der Waals surface area contributed by atoms with Gasteiger partial charge in [0.25, 0.3) is 0 Å². The highest BCUT2D eigenvalue weighted by molar-refractivity contribution is 7.13. The van der Waals surface area contributed by atoms with E-state index in [9.17, 15) is 4.79 Å². The van der Waals surface area contributed by atoms with E-state index < -0.39 is 0 Å². The molecular formula is C18H18N2O3S. The zero-order chi connectivity index (χ0) is 17.1. The Hall–Kier alpha value is -2.60. The highest BCUT2D eigenvalue weighted by Crippen LogP contribution is 2.27. The minimum absolute atomic E-state index is 0.156. The molecule has 0 aliphatic heterocycles. The number of hydrogen-bond acceptors (Lipinski definition) is 5. The normalized spacial score (nSPS) is 10.6. The smallest absolute Gasteiger partial charge is 0.355 e. The lowest BCUT2D eigenvalue weighted by Crippen LogP contribution is -2.10. The van der Waals surface area contributed by atoms with Crippen LogP contribution in [0.4, 0.5) is 0 Å². The summed E-state index contributed by atoms with van der Waals surface area (Å²) in [5.74, 6) is 0.441. The van der Waals surface area contributed by atoms with Gasteiger partial charge in [-0.15, -0.1) is 11.3 Å². The number of carbonyl (C=O) groups is 1. The zero-order valence-electron chi connectivity index (χ0n) is 13.8. The molecule has 5 nitrogen and oxygen atoms in total. The van der Waals surface area contributed by atoms with Gasteiger partial charge in [-0.1, -0.05) is 12.1 Å². The van der Waals surface area contributed by atoms with E-state index in [0.29, 0.717) is 5.69 Å². The van der Waals surface area contributed by atoms with Crippen LogP contribution in [0.5, 0.6) is 5.75 Å². The number of hydrogen-bond donors (Lipinski definition) is 0. The highest BCUT2D eigenvalue weighted by atomic mass is 32.1. The first kappa shape index (κ1) is 16.3. The fourth-order valence-electron chi connectivity index (χ4n) is 2.29. The maximum absolute atomic E-state index is 12.1. The molecule has 0 aliphatic carbocycles. The van der Waals surface area contributed by atoms with Gasteiger partial charge in [-0.3, -0.25) is 0 Å². The number of aromatic nitrogens is 2. The molecule has 0 N–H and O–H groups in total. The van der Waals surface area contributed by atoms with Crippen molar-refractivity contribution in [2.45, 2.75) is 13.5 Å². The zero-order valence-corrected chi connectivity index (χ0v) is 14.6. The molecule has 0 radical (unpaired) electrons. The van der Waals surface area contributed by atoms with E-state index in [1.54, 1.807) is 13.2 Å². The van der Waals surface area contributed by atoms with Gasteiger partial charge < -0.3 is 14.0 Å². The van der Waals surface area contributed by atoms with Gasteiger partial charge in [0.05, 0.1) is 12.8 Å². The topological polar surface area (TPSA) is 53.4 Å². The van der Waals surface area contributed by atoms with Crippen molar-refractivity contribution >= 4 is 17.3 Å². The molecule has 3 aromatic rings. The van der Waals surface area contributed by atoms with Crippen molar-refractivity contribution in [3.63, 3.8) is 0 Å². The maximum atomic E-state index is 12.1. The van der Waals surface area contributed by atoms with E-state index in [0.717, 1.165) is 27.7 Å². The number of thiazole rings is 1. The lowest BCUT2D eigenvalue weighted by atomic mass is 10.2. The summed E-state index contributed by atoms with van der Waals surface area (Å²) in [5.41, 5.74) is 3.26. The molecule has 0 amide bonds. The van der Waals surface area contributed by atoms with E-state index in [4.69, 9.17) is 9.47 Å². The molecule has 2 heterocycles. The molecule has 0 aliphatic rings. The van der Waals surface area contributed by atoms with E-state index >= 15 is 0 Å². The van der Waals surface area contributed by atoms with Gasteiger partial charge in [0.1, 0.15) is 23.1 Å². The molecule has 0 unspecified atom stereocenters. The summed E-state index contributed by atoms with van der Waals surface area (Å²) in [5, 5.41) is 2.77. The van der Waals surface area contributed by atoms with Crippen LogP contribution in [0.1, 0.15) is 21.9 Å². The van der Waals surface area contributed by atoms with Gasteiger partial charge in [-0.2, -0.15) is 0 Å². The monoisotopic (exact) mass is 342 g/mol. The van der Waals surface area contributed by atoms with Gasteiger partial charge in [0.2, 0.25) is 0 Å². The van der Waals surface area contributed by atoms with Gasteiger partial charge in [0.15, 0.2) is 0 Å². The van der Waals surface area contributed by atoms with Gasteiger partial charge >= 0.3 is 5.97 Å². The van der Waals surface area contributed by atoms with Crippen molar-refractivity contribution in [3.8, 4) is 16.3 Å². The molecule has 0 saturated heterocycles. The Kier molecular flexibility index (Phi) is 4.66. The van der Waals surface area contributed by atoms with E-state index in [2.05, 4.69) is 4.98 Å². The Morgan fingerprint density at radius 1 is 1.29 bits per heavy atom. The van der Waals surface area contributed by atoms with Crippen LogP contribution in [0.15, 0.2) is 41.8 Å². The summed E-state index contributed by atoms with van der Waals surface area (Å²) >= 11 is 1.51. The molecule has 0 atom stereocenters. The number of aryl methyl sites for hydroxylation is 1. The van der Waals surface area contributed by atoms with Crippen molar-refractivity contribution in [1.29, 1.82) is 0 Å². The van der Waals surface area contributed by atoms with Crippen molar-refractivity contribution < 1.29 is 14.3 Å². The first-order valence-corrected chi connectivity index (χ1v) is 8.34. The Labute approximate surface area is 144 Å². The molecular weight excluding hydrogens is 324 g/mol. The molecule has 124 valence electrons. The summed E-state index contributed by atoms with van der Waals surface area (Å²) < 4.78 is 12.4. The number of nitrogens with zero attached hydrogens (tertiary/aromatic N) is 2. The Bertz CT molecular complexity index is 867. The fraction of sp³-hybridized carbons (Fsp3) is 0.222. The molecule has 0 bridgehead atoms. The third kappa shape index (κ3) is 3.33. The van der Waals surface area contributed by atoms with Crippen LogP contribution < -0.4 is 4.74 Å². The Morgan fingerprint density at radius 3 is 2.83 bits per heavy atom. The van der Waals surface area contributed by atoms with Gasteiger partial charge in [-0.25, -0.2) is 9.78 Å². The fourth-order valence-corrected chi connectivity index (χ4v) is 3.09. The Morgan fingerprint density at radius 2 is 2.12 bits per heavy atom. The molecule has 0 fully saturated rings. The van der Waals surface area contributed by atoms with Crippen LogP contribution in [0.2, 0.25) is 0 Å². The number of methoxy groups -OCH3 is 1. The summed E-state index contributed by atoms with van der Waals surface area (Å²) in [4.78, 5) is 16.7. The summed E-state index contributed by atoms with van der Waals surface area (Å²) in [7, 11) is 3.48. The molecule has 0 saturated carbocycles. The van der Waals surface area contributed by atoms with Crippen LogP contribution in [0.25, 0.3) is 10.6 Å². The van der Waals surface area contributed by atoms with E-state index in [1.165, 1.54) is 11.3 Å². The van der Waals surface area contributed by atoms with Crippen LogP contribution >= 0.6 is 11.3 Å². The molecule has 2 aromatic heterocycles. The lowest BCUT2D eigenvalue weighted by Gasteiger charge is -2.05. The first-order valence-electron chi connectivity index (χ1n) is 7.47. The van der Waals surface area contributed by atoms with Crippen molar-refractivity contribution in [2.75, 3.05) is 7.11 Å². The minimum Gasteiger partial charge on any atom is -0.497 e. The molecule has 1 aromatic carbocycles. The average Bonchev–Trinajstić information content (AvgIpc) is 3.21.